The maximum atomic E-state index is 12.1. The molecule has 0 spiro atoms. The summed E-state index contributed by atoms with van der Waals surface area (Å²) in [6, 6.07) is 6.70. The van der Waals surface area contributed by atoms with Gasteiger partial charge in [0.05, 0.1) is 10.7 Å². The van der Waals surface area contributed by atoms with E-state index in [1.165, 1.54) is 17.8 Å². The number of benzene rings is 1. The molecule has 6 nitrogen and oxygen atoms in total. The number of nitrogens with one attached hydrogen (secondary N) is 2. The number of hydrogen-bond acceptors (Lipinski definition) is 5. The molecule has 8 heteroatoms. The minimum Gasteiger partial charge on any atom is -0.346 e. The number of halogens is 1. The molecule has 0 radical (unpaired) electrons. The Labute approximate surface area is 150 Å². The second kappa shape index (κ2) is 7.36. The molecule has 2 N–H and O–H groups in total. The molecule has 1 aromatic carbocycles. The van der Waals surface area contributed by atoms with E-state index in [0.717, 1.165) is 18.2 Å². The van der Waals surface area contributed by atoms with E-state index in [4.69, 9.17) is 11.6 Å². The number of anilines is 3. The highest BCUT2D eigenvalue weighted by molar-refractivity contribution is 7.19. The van der Waals surface area contributed by atoms with Gasteiger partial charge in [0.2, 0.25) is 10.3 Å². The third kappa shape index (κ3) is 4.15. The number of urea groups is 1. The third-order valence-electron chi connectivity index (χ3n) is 3.90. The van der Waals surface area contributed by atoms with Crippen molar-refractivity contribution in [2.45, 2.75) is 20.3 Å². The number of carbonyl (C=O) groups excluding carboxylic acids is 1. The number of hydrogen-bond donors (Lipinski definition) is 2. The van der Waals surface area contributed by atoms with E-state index in [1.54, 1.807) is 12.1 Å². The molecule has 1 aromatic heterocycles. The fourth-order valence-electron chi connectivity index (χ4n) is 3.03. The summed E-state index contributed by atoms with van der Waals surface area (Å²) in [5.41, 5.74) is 0.556. The van der Waals surface area contributed by atoms with Crippen LogP contribution < -0.4 is 15.5 Å². The molecule has 128 valence electrons. The topological polar surface area (TPSA) is 70.2 Å². The van der Waals surface area contributed by atoms with Gasteiger partial charge in [0.15, 0.2) is 0 Å². The second-order valence-electron chi connectivity index (χ2n) is 6.30. The Kier molecular flexibility index (Phi) is 5.20. The molecule has 2 atom stereocenters. The van der Waals surface area contributed by atoms with Crippen molar-refractivity contribution >= 4 is 44.9 Å². The summed E-state index contributed by atoms with van der Waals surface area (Å²) in [4.78, 5) is 14.3. The Hall–Kier alpha value is -1.86. The van der Waals surface area contributed by atoms with Crippen LogP contribution in [-0.4, -0.2) is 29.3 Å². The van der Waals surface area contributed by atoms with E-state index in [-0.39, 0.29) is 6.03 Å². The minimum atomic E-state index is -0.383. The summed E-state index contributed by atoms with van der Waals surface area (Å²) >= 11 is 7.42. The quantitative estimate of drug-likeness (QED) is 0.849. The Morgan fingerprint density at radius 2 is 1.92 bits per heavy atom. The summed E-state index contributed by atoms with van der Waals surface area (Å²) in [7, 11) is 0. The van der Waals surface area contributed by atoms with Crippen molar-refractivity contribution in [1.82, 2.24) is 10.2 Å². The average molecular weight is 366 g/mol. The smallest absolute Gasteiger partial charge is 0.325 e. The van der Waals surface area contributed by atoms with Gasteiger partial charge in [0.25, 0.3) is 0 Å². The lowest BCUT2D eigenvalue weighted by molar-refractivity contribution is 0.262. The monoisotopic (exact) mass is 365 g/mol. The van der Waals surface area contributed by atoms with Gasteiger partial charge in [0, 0.05) is 13.1 Å². The molecule has 3 rings (SSSR count). The van der Waals surface area contributed by atoms with Gasteiger partial charge in [-0.05, 0) is 30.4 Å². The van der Waals surface area contributed by atoms with Crippen LogP contribution in [0.5, 0.6) is 0 Å². The molecule has 0 aliphatic carbocycles. The predicted octanol–water partition coefficient (Wildman–Crippen LogP) is 4.32. The molecule has 1 fully saturated rings. The molecular formula is C16H20ClN5OS. The van der Waals surface area contributed by atoms with Crippen molar-refractivity contribution in [2.75, 3.05) is 28.6 Å². The maximum Gasteiger partial charge on any atom is 0.325 e. The number of carbonyl (C=O) groups is 1. The molecule has 2 amide bonds. The van der Waals surface area contributed by atoms with Gasteiger partial charge < -0.3 is 10.2 Å². The zero-order chi connectivity index (χ0) is 17.1. The number of rotatable bonds is 3. The van der Waals surface area contributed by atoms with Crippen LogP contribution in [0.1, 0.15) is 20.3 Å². The molecule has 1 saturated heterocycles. The maximum absolute atomic E-state index is 12.1. The average Bonchev–Trinajstić information content (AvgIpc) is 2.97. The van der Waals surface area contributed by atoms with Gasteiger partial charge >= 0.3 is 6.03 Å². The zero-order valence-corrected chi connectivity index (χ0v) is 15.2. The molecule has 2 aromatic rings. The van der Waals surface area contributed by atoms with Crippen LogP contribution in [0.15, 0.2) is 24.3 Å². The highest BCUT2D eigenvalue weighted by Gasteiger charge is 2.24. The Morgan fingerprint density at radius 3 is 2.62 bits per heavy atom. The number of para-hydroxylation sites is 1. The van der Waals surface area contributed by atoms with Crippen LogP contribution in [0.25, 0.3) is 0 Å². The van der Waals surface area contributed by atoms with Gasteiger partial charge in [-0.1, -0.05) is 48.9 Å². The first-order valence-electron chi connectivity index (χ1n) is 7.92. The molecule has 0 saturated carbocycles. The number of nitrogens with zero attached hydrogens (tertiary/aromatic N) is 3. The van der Waals surface area contributed by atoms with Gasteiger partial charge in [-0.2, -0.15) is 0 Å². The van der Waals surface area contributed by atoms with E-state index in [1.807, 2.05) is 12.1 Å². The normalized spacial score (nSPS) is 20.7. The number of amides is 2. The third-order valence-corrected chi connectivity index (χ3v) is 5.13. The lowest BCUT2D eigenvalue weighted by Gasteiger charge is -2.34. The largest absolute Gasteiger partial charge is 0.346 e. The second-order valence-corrected chi connectivity index (χ2v) is 7.66. The first-order chi connectivity index (χ1) is 11.5. The SMILES string of the molecule is C[C@@H]1C[C@H](C)CN(c2nnc(NC(=O)Nc3ccccc3Cl)s2)C1. The Morgan fingerprint density at radius 1 is 1.21 bits per heavy atom. The molecule has 0 unspecified atom stereocenters. The van der Waals surface area contributed by atoms with E-state index >= 15 is 0 Å². The van der Waals surface area contributed by atoms with Gasteiger partial charge in [-0.25, -0.2) is 4.79 Å². The van der Waals surface area contributed by atoms with E-state index in [9.17, 15) is 4.79 Å². The summed E-state index contributed by atoms with van der Waals surface area (Å²) < 4.78 is 0. The van der Waals surface area contributed by atoms with Crippen LogP contribution in [0.3, 0.4) is 0 Å². The summed E-state index contributed by atoms with van der Waals surface area (Å²) in [6.45, 7) is 6.45. The van der Waals surface area contributed by atoms with Crippen LogP contribution in [-0.2, 0) is 0 Å². The molecule has 1 aliphatic rings. The van der Waals surface area contributed by atoms with E-state index in [0.29, 0.717) is 27.7 Å². The Balaban J connectivity index is 1.61. The fraction of sp³-hybridized carbons (Fsp3) is 0.438. The summed E-state index contributed by atoms with van der Waals surface area (Å²) in [5, 5.41) is 15.5. The van der Waals surface area contributed by atoms with Gasteiger partial charge in [0.1, 0.15) is 0 Å². The predicted molar refractivity (Wildman–Crippen MR) is 99.2 cm³/mol. The van der Waals surface area contributed by atoms with Crippen molar-refractivity contribution in [1.29, 1.82) is 0 Å². The van der Waals surface area contributed by atoms with Crippen LogP contribution in [0, 0.1) is 11.8 Å². The van der Waals surface area contributed by atoms with Crippen LogP contribution in [0.2, 0.25) is 5.02 Å². The first kappa shape index (κ1) is 17.0. The van der Waals surface area contributed by atoms with Crippen molar-refractivity contribution in [3.8, 4) is 0 Å². The Bertz CT molecular complexity index is 712. The van der Waals surface area contributed by atoms with Crippen LogP contribution >= 0.6 is 22.9 Å². The van der Waals surface area contributed by atoms with Crippen molar-refractivity contribution in [3.05, 3.63) is 29.3 Å². The molecule has 24 heavy (non-hydrogen) atoms. The minimum absolute atomic E-state index is 0.383. The lowest BCUT2D eigenvalue weighted by Crippen LogP contribution is -2.38. The van der Waals surface area contributed by atoms with Crippen molar-refractivity contribution < 1.29 is 4.79 Å². The van der Waals surface area contributed by atoms with E-state index in [2.05, 4.69) is 39.6 Å². The highest BCUT2D eigenvalue weighted by Crippen LogP contribution is 2.30. The molecule has 0 bridgehead atoms. The molecule has 2 heterocycles. The number of piperidine rings is 1. The number of aromatic nitrogens is 2. The molecular weight excluding hydrogens is 346 g/mol. The first-order valence-corrected chi connectivity index (χ1v) is 9.11. The van der Waals surface area contributed by atoms with E-state index < -0.39 is 0 Å². The summed E-state index contributed by atoms with van der Waals surface area (Å²) in [6.07, 6.45) is 1.24. The lowest BCUT2D eigenvalue weighted by atomic mass is 9.92. The van der Waals surface area contributed by atoms with Crippen molar-refractivity contribution in [2.24, 2.45) is 11.8 Å². The van der Waals surface area contributed by atoms with Gasteiger partial charge in [-0.15, -0.1) is 10.2 Å². The zero-order valence-electron chi connectivity index (χ0n) is 13.6. The molecule has 1 aliphatic heterocycles. The van der Waals surface area contributed by atoms with Gasteiger partial charge in [-0.3, -0.25) is 5.32 Å². The van der Waals surface area contributed by atoms with Crippen molar-refractivity contribution in [3.63, 3.8) is 0 Å². The fourth-order valence-corrected chi connectivity index (χ4v) is 3.97. The summed E-state index contributed by atoms with van der Waals surface area (Å²) in [5.74, 6) is 1.27. The highest BCUT2D eigenvalue weighted by atomic mass is 35.5. The standard InChI is InChI=1S/C16H20ClN5OS/c1-10-7-11(2)9-22(8-10)16-21-20-15(24-16)19-14(23)18-13-6-4-3-5-12(13)17/h3-6,10-11H,7-9H2,1-2H3,(H2,18,19,20,23)/t10-,11+. The van der Waals surface area contributed by atoms with Crippen LogP contribution in [0.4, 0.5) is 20.7 Å².